The number of aryl methyl sites for hydroxylation is 2. The largest absolute Gasteiger partial charge is 0.266 e. The van der Waals surface area contributed by atoms with Gasteiger partial charge < -0.3 is 0 Å². The molecule has 8 heteroatoms. The summed E-state index contributed by atoms with van der Waals surface area (Å²) in [7, 11) is -4.30. The first-order valence-corrected chi connectivity index (χ1v) is 11.1. The van der Waals surface area contributed by atoms with Crippen LogP contribution in [0.15, 0.2) is 46.2 Å². The summed E-state index contributed by atoms with van der Waals surface area (Å²) in [5, 5.41) is 0. The van der Waals surface area contributed by atoms with Gasteiger partial charge in [-0.05, 0) is 61.2 Å². The van der Waals surface area contributed by atoms with E-state index in [0.29, 0.717) is 24.2 Å². The average molecular weight is 395 g/mol. The van der Waals surface area contributed by atoms with E-state index in [9.17, 15) is 16.8 Å². The maximum atomic E-state index is 13.2. The van der Waals surface area contributed by atoms with Gasteiger partial charge in [-0.3, -0.25) is 4.31 Å². The van der Waals surface area contributed by atoms with Crippen LogP contribution in [-0.2, 0) is 26.5 Å². The predicted octanol–water partition coefficient (Wildman–Crippen LogP) is 2.31. The van der Waals surface area contributed by atoms with Gasteiger partial charge in [-0.25, -0.2) is 21.1 Å². The van der Waals surface area contributed by atoms with E-state index in [-0.39, 0.29) is 9.79 Å². The molecule has 0 unspecified atom stereocenters. The van der Waals surface area contributed by atoms with Crippen molar-refractivity contribution in [2.24, 2.45) is 0 Å². The van der Waals surface area contributed by atoms with Crippen molar-refractivity contribution in [1.29, 1.82) is 0 Å². The first kappa shape index (κ1) is 18.9. The Labute approximate surface area is 155 Å². The number of benzene rings is 2. The zero-order valence-corrected chi connectivity index (χ0v) is 16.9. The molecule has 2 aromatic rings. The average Bonchev–Trinajstić information content (AvgIpc) is 3.00. The molecular formula is C18H22N2O4S2. The maximum Gasteiger partial charge on any atom is 0.264 e. The normalized spacial score (nSPS) is 14.7. The van der Waals surface area contributed by atoms with E-state index in [1.807, 2.05) is 13.0 Å². The summed E-state index contributed by atoms with van der Waals surface area (Å²) in [5.74, 6) is 0. The molecule has 1 aliphatic heterocycles. The zero-order chi connectivity index (χ0) is 19.3. The van der Waals surface area contributed by atoms with E-state index >= 15 is 0 Å². The third-order valence-corrected chi connectivity index (χ3v) is 8.36. The van der Waals surface area contributed by atoms with Crippen LogP contribution in [0.25, 0.3) is 0 Å². The van der Waals surface area contributed by atoms with Crippen LogP contribution in [0, 0.1) is 13.8 Å². The lowest BCUT2D eigenvalue weighted by Gasteiger charge is -2.21. The molecule has 1 aliphatic rings. The maximum absolute atomic E-state index is 13.2. The standard InChI is InChI=1S/C18H22N2O4S2/c1-13-5-6-14(2)18(11-13)26(23,24)20-10-9-15-12-16(7-8-17(15)20)25(21,22)19(3)4/h5-8,11-12H,9-10H2,1-4H3. The van der Waals surface area contributed by atoms with Crippen molar-refractivity contribution in [3.63, 3.8) is 0 Å². The predicted molar refractivity (Wildman–Crippen MR) is 101 cm³/mol. The minimum Gasteiger partial charge on any atom is -0.266 e. The summed E-state index contributed by atoms with van der Waals surface area (Å²) >= 11 is 0. The molecule has 0 spiro atoms. The molecule has 3 rings (SSSR count). The molecule has 0 saturated heterocycles. The molecule has 0 radical (unpaired) electrons. The quantitative estimate of drug-likeness (QED) is 0.798. The van der Waals surface area contributed by atoms with E-state index in [1.54, 1.807) is 31.2 Å². The first-order chi connectivity index (χ1) is 12.0. The van der Waals surface area contributed by atoms with Crippen molar-refractivity contribution in [3.05, 3.63) is 53.1 Å². The summed E-state index contributed by atoms with van der Waals surface area (Å²) in [4.78, 5) is 0.461. The highest BCUT2D eigenvalue weighted by Crippen LogP contribution is 2.35. The van der Waals surface area contributed by atoms with Gasteiger partial charge in [-0.2, -0.15) is 0 Å². The number of rotatable bonds is 4. The summed E-state index contributed by atoms with van der Waals surface area (Å²) in [6.07, 6.45) is 0.482. The number of hydrogen-bond acceptors (Lipinski definition) is 4. The van der Waals surface area contributed by atoms with Gasteiger partial charge in [0, 0.05) is 20.6 Å². The molecule has 26 heavy (non-hydrogen) atoms. The highest BCUT2D eigenvalue weighted by Gasteiger charge is 2.33. The Morgan fingerprint density at radius 2 is 1.65 bits per heavy atom. The topological polar surface area (TPSA) is 74.8 Å². The second kappa shape index (κ2) is 6.37. The van der Waals surface area contributed by atoms with Crippen molar-refractivity contribution in [3.8, 4) is 0 Å². The van der Waals surface area contributed by atoms with Gasteiger partial charge in [0.05, 0.1) is 15.5 Å². The molecule has 0 aromatic heterocycles. The van der Waals surface area contributed by atoms with Gasteiger partial charge in [-0.15, -0.1) is 0 Å². The smallest absolute Gasteiger partial charge is 0.264 e. The van der Waals surface area contributed by atoms with Crippen molar-refractivity contribution in [2.75, 3.05) is 24.9 Å². The number of fused-ring (bicyclic) bond motifs is 1. The Hall–Kier alpha value is -1.90. The molecule has 0 N–H and O–H groups in total. The molecule has 0 fully saturated rings. The molecule has 2 aromatic carbocycles. The van der Waals surface area contributed by atoms with Crippen molar-refractivity contribution < 1.29 is 16.8 Å². The fourth-order valence-corrected chi connectivity index (χ4v) is 5.84. The summed E-state index contributed by atoms with van der Waals surface area (Å²) in [6, 6.07) is 9.97. The fourth-order valence-electron chi connectivity index (χ4n) is 3.07. The van der Waals surface area contributed by atoms with Gasteiger partial charge >= 0.3 is 0 Å². The van der Waals surface area contributed by atoms with E-state index in [2.05, 4.69) is 0 Å². The van der Waals surface area contributed by atoms with Crippen LogP contribution in [0.2, 0.25) is 0 Å². The summed E-state index contributed by atoms with van der Waals surface area (Å²) < 4.78 is 53.5. The summed E-state index contributed by atoms with van der Waals surface area (Å²) in [6.45, 7) is 3.93. The number of hydrogen-bond donors (Lipinski definition) is 0. The van der Waals surface area contributed by atoms with Gasteiger partial charge in [0.25, 0.3) is 10.0 Å². The van der Waals surface area contributed by atoms with Gasteiger partial charge in [0.1, 0.15) is 0 Å². The molecule has 0 atom stereocenters. The van der Waals surface area contributed by atoms with Crippen LogP contribution in [0.4, 0.5) is 5.69 Å². The van der Waals surface area contributed by atoms with Crippen LogP contribution in [0.5, 0.6) is 0 Å². The zero-order valence-electron chi connectivity index (χ0n) is 15.2. The van der Waals surface area contributed by atoms with Crippen LogP contribution in [0.1, 0.15) is 16.7 Å². The Balaban J connectivity index is 2.07. The molecule has 6 nitrogen and oxygen atoms in total. The highest BCUT2D eigenvalue weighted by atomic mass is 32.2. The van der Waals surface area contributed by atoms with Crippen LogP contribution < -0.4 is 4.31 Å². The molecule has 0 bridgehead atoms. The Bertz CT molecular complexity index is 1070. The van der Waals surface area contributed by atoms with Gasteiger partial charge in [0.15, 0.2) is 0 Å². The number of sulfonamides is 2. The lowest BCUT2D eigenvalue weighted by atomic mass is 10.2. The molecular weight excluding hydrogens is 372 g/mol. The Morgan fingerprint density at radius 1 is 0.962 bits per heavy atom. The second-order valence-corrected chi connectivity index (χ2v) is 10.7. The first-order valence-electron chi connectivity index (χ1n) is 8.20. The lowest BCUT2D eigenvalue weighted by molar-refractivity contribution is 0.520. The van der Waals surface area contributed by atoms with E-state index in [0.717, 1.165) is 15.4 Å². The monoisotopic (exact) mass is 394 g/mol. The third kappa shape index (κ3) is 3.02. The van der Waals surface area contributed by atoms with Crippen molar-refractivity contribution in [1.82, 2.24) is 4.31 Å². The van der Waals surface area contributed by atoms with Crippen molar-refractivity contribution >= 4 is 25.7 Å². The molecule has 0 saturated carbocycles. The minimum atomic E-state index is -3.70. The molecule has 140 valence electrons. The van der Waals surface area contributed by atoms with Crippen LogP contribution in [0.3, 0.4) is 0 Å². The number of nitrogens with zero attached hydrogens (tertiary/aromatic N) is 2. The summed E-state index contributed by atoms with van der Waals surface area (Å²) in [5.41, 5.74) is 2.84. The van der Waals surface area contributed by atoms with E-state index < -0.39 is 20.0 Å². The minimum absolute atomic E-state index is 0.173. The molecule has 0 aliphatic carbocycles. The highest BCUT2D eigenvalue weighted by molar-refractivity contribution is 7.93. The van der Waals surface area contributed by atoms with Gasteiger partial charge in [0.2, 0.25) is 10.0 Å². The van der Waals surface area contributed by atoms with E-state index in [1.165, 1.54) is 24.5 Å². The van der Waals surface area contributed by atoms with Crippen LogP contribution >= 0.6 is 0 Å². The molecule has 1 heterocycles. The van der Waals surface area contributed by atoms with E-state index in [4.69, 9.17) is 0 Å². The van der Waals surface area contributed by atoms with Gasteiger partial charge in [-0.1, -0.05) is 12.1 Å². The Kier molecular flexibility index (Phi) is 4.62. The second-order valence-electron chi connectivity index (χ2n) is 6.67. The SMILES string of the molecule is Cc1ccc(C)c(S(=O)(=O)N2CCc3cc(S(=O)(=O)N(C)C)ccc32)c1. The van der Waals surface area contributed by atoms with Crippen molar-refractivity contribution in [2.45, 2.75) is 30.1 Å². The van der Waals surface area contributed by atoms with Crippen LogP contribution in [-0.4, -0.2) is 41.8 Å². The molecule has 0 amide bonds. The third-order valence-electron chi connectivity index (χ3n) is 4.59. The number of anilines is 1. The fraction of sp³-hybridized carbons (Fsp3) is 0.333. The lowest BCUT2D eigenvalue weighted by Crippen LogP contribution is -2.29. The Morgan fingerprint density at radius 3 is 2.31 bits per heavy atom.